The summed E-state index contributed by atoms with van der Waals surface area (Å²) in [6, 6.07) is 7.01. The first kappa shape index (κ1) is 25.4. The number of rotatable bonds is 10. The number of hydrogen-bond acceptors (Lipinski definition) is 6. The van der Waals surface area contributed by atoms with Crippen LogP contribution in [-0.2, 0) is 27.4 Å². The standard InChI is InChI=1S/C23H29ClN6O4/c1-28(16-21(31)25-9-13-34-2)10-5-8-22(32)29-11-12-30-19(14-26-20(30)15-29)23(33)27-18-7-4-3-6-17(18)24/h3-8,14H,9-13,15-16H2,1-2H3,(H,25,31)(H,27,33)/b8-5+. The summed E-state index contributed by atoms with van der Waals surface area (Å²) in [6.07, 6.45) is 4.75. The number of anilines is 1. The van der Waals surface area contributed by atoms with E-state index in [0.29, 0.717) is 61.6 Å². The van der Waals surface area contributed by atoms with Gasteiger partial charge in [-0.25, -0.2) is 4.98 Å². The SMILES string of the molecule is COCCNC(=O)CN(C)C/C=C/C(=O)N1CCn2c(C(=O)Nc3ccccc3Cl)cnc2C1. The monoisotopic (exact) mass is 488 g/mol. The molecule has 34 heavy (non-hydrogen) atoms. The van der Waals surface area contributed by atoms with Crippen molar-refractivity contribution < 1.29 is 19.1 Å². The maximum atomic E-state index is 12.7. The third-order valence-corrected chi connectivity index (χ3v) is 5.58. The van der Waals surface area contributed by atoms with Crippen LogP contribution in [0.2, 0.25) is 5.02 Å². The molecule has 10 nitrogen and oxygen atoms in total. The summed E-state index contributed by atoms with van der Waals surface area (Å²) in [5, 5.41) is 6.01. The largest absolute Gasteiger partial charge is 0.383 e. The molecule has 11 heteroatoms. The van der Waals surface area contributed by atoms with Gasteiger partial charge in [0.2, 0.25) is 11.8 Å². The summed E-state index contributed by atoms with van der Waals surface area (Å²) < 4.78 is 6.71. The van der Waals surface area contributed by atoms with Crippen LogP contribution in [-0.4, -0.2) is 84.0 Å². The van der Waals surface area contributed by atoms with E-state index in [1.165, 1.54) is 12.3 Å². The second-order valence-corrected chi connectivity index (χ2v) is 8.25. The van der Waals surface area contributed by atoms with Crippen LogP contribution in [0, 0.1) is 0 Å². The van der Waals surface area contributed by atoms with Crippen LogP contribution in [0.4, 0.5) is 5.69 Å². The van der Waals surface area contributed by atoms with Gasteiger partial charge in [-0.1, -0.05) is 29.8 Å². The van der Waals surface area contributed by atoms with E-state index in [0.717, 1.165) is 0 Å². The highest BCUT2D eigenvalue weighted by Gasteiger charge is 2.25. The zero-order valence-corrected chi connectivity index (χ0v) is 20.0. The summed E-state index contributed by atoms with van der Waals surface area (Å²) in [7, 11) is 3.38. The zero-order valence-electron chi connectivity index (χ0n) is 19.3. The lowest BCUT2D eigenvalue weighted by atomic mass is 10.3. The second-order valence-electron chi connectivity index (χ2n) is 7.85. The van der Waals surface area contributed by atoms with Crippen molar-refractivity contribution in [3.05, 3.63) is 59.2 Å². The average Bonchev–Trinajstić information content (AvgIpc) is 3.24. The number of carbonyl (C=O) groups excluding carboxylic acids is 3. The fourth-order valence-corrected chi connectivity index (χ4v) is 3.66. The molecule has 2 N–H and O–H groups in total. The van der Waals surface area contributed by atoms with Crippen molar-refractivity contribution in [1.29, 1.82) is 0 Å². The van der Waals surface area contributed by atoms with Crippen molar-refractivity contribution in [2.24, 2.45) is 0 Å². The minimum atomic E-state index is -0.305. The number of halogens is 1. The van der Waals surface area contributed by atoms with Gasteiger partial charge in [0, 0.05) is 39.4 Å². The van der Waals surface area contributed by atoms with Crippen molar-refractivity contribution in [3.8, 4) is 0 Å². The lowest BCUT2D eigenvalue weighted by Gasteiger charge is -2.27. The van der Waals surface area contributed by atoms with Crippen molar-refractivity contribution in [2.75, 3.05) is 52.3 Å². The quantitative estimate of drug-likeness (QED) is 0.386. The number of fused-ring (bicyclic) bond motifs is 1. The number of para-hydroxylation sites is 1. The van der Waals surface area contributed by atoms with Gasteiger partial charge < -0.3 is 24.8 Å². The first-order chi connectivity index (χ1) is 16.4. The molecule has 1 aliphatic rings. The van der Waals surface area contributed by atoms with Crippen molar-refractivity contribution in [2.45, 2.75) is 13.1 Å². The minimum Gasteiger partial charge on any atom is -0.383 e. The van der Waals surface area contributed by atoms with E-state index in [2.05, 4.69) is 15.6 Å². The molecular weight excluding hydrogens is 460 g/mol. The topological polar surface area (TPSA) is 109 Å². The summed E-state index contributed by atoms with van der Waals surface area (Å²) in [5.41, 5.74) is 0.947. The number of nitrogens with zero attached hydrogens (tertiary/aromatic N) is 4. The molecule has 1 aromatic heterocycles. The molecule has 0 aliphatic carbocycles. The molecule has 0 bridgehead atoms. The van der Waals surface area contributed by atoms with Crippen LogP contribution in [0.25, 0.3) is 0 Å². The van der Waals surface area contributed by atoms with E-state index in [9.17, 15) is 14.4 Å². The first-order valence-electron chi connectivity index (χ1n) is 10.9. The van der Waals surface area contributed by atoms with Crippen LogP contribution in [0.1, 0.15) is 16.3 Å². The molecular formula is C23H29ClN6O4. The molecule has 0 saturated carbocycles. The predicted molar refractivity (Wildman–Crippen MR) is 129 cm³/mol. The summed E-state index contributed by atoms with van der Waals surface area (Å²) in [6.45, 7) is 2.83. The molecule has 2 aromatic rings. The smallest absolute Gasteiger partial charge is 0.273 e. The van der Waals surface area contributed by atoms with Crippen LogP contribution in [0.3, 0.4) is 0 Å². The van der Waals surface area contributed by atoms with E-state index >= 15 is 0 Å². The molecule has 3 amide bonds. The van der Waals surface area contributed by atoms with E-state index in [1.54, 1.807) is 54.3 Å². The molecule has 0 unspecified atom stereocenters. The van der Waals surface area contributed by atoms with E-state index in [4.69, 9.17) is 16.3 Å². The third kappa shape index (κ3) is 6.89. The third-order valence-electron chi connectivity index (χ3n) is 5.25. The number of hydrogen-bond donors (Lipinski definition) is 2. The molecule has 1 aromatic carbocycles. The van der Waals surface area contributed by atoms with Crippen LogP contribution >= 0.6 is 11.6 Å². The predicted octanol–water partition coefficient (Wildman–Crippen LogP) is 1.38. The summed E-state index contributed by atoms with van der Waals surface area (Å²) in [4.78, 5) is 44.9. The number of nitrogens with one attached hydrogen (secondary N) is 2. The van der Waals surface area contributed by atoms with Crippen molar-refractivity contribution in [3.63, 3.8) is 0 Å². The van der Waals surface area contributed by atoms with Crippen LogP contribution < -0.4 is 10.6 Å². The number of methoxy groups -OCH3 is 1. The number of amides is 3. The molecule has 0 radical (unpaired) electrons. The van der Waals surface area contributed by atoms with Gasteiger partial charge in [-0.3, -0.25) is 19.3 Å². The number of benzene rings is 1. The van der Waals surface area contributed by atoms with Crippen molar-refractivity contribution >= 4 is 35.0 Å². The molecule has 3 rings (SSSR count). The Morgan fingerprint density at radius 2 is 2.06 bits per heavy atom. The molecule has 1 aliphatic heterocycles. The molecule has 0 saturated heterocycles. The second kappa shape index (κ2) is 12.3. The highest BCUT2D eigenvalue weighted by Crippen LogP contribution is 2.22. The number of imidazole rings is 1. The molecule has 0 atom stereocenters. The summed E-state index contributed by atoms with van der Waals surface area (Å²) in [5.74, 6) is 0.0914. The van der Waals surface area contributed by atoms with E-state index in [1.807, 2.05) is 4.57 Å². The van der Waals surface area contributed by atoms with E-state index < -0.39 is 0 Å². The number of ether oxygens (including phenoxy) is 1. The lowest BCUT2D eigenvalue weighted by Crippen LogP contribution is -2.39. The van der Waals surface area contributed by atoms with Gasteiger partial charge >= 0.3 is 0 Å². The first-order valence-corrected chi connectivity index (χ1v) is 11.3. The van der Waals surface area contributed by atoms with Crippen molar-refractivity contribution in [1.82, 2.24) is 24.7 Å². The van der Waals surface area contributed by atoms with Gasteiger partial charge in [-0.15, -0.1) is 0 Å². The Balaban J connectivity index is 1.50. The zero-order chi connectivity index (χ0) is 24.5. The van der Waals surface area contributed by atoms with E-state index in [-0.39, 0.29) is 24.3 Å². The fourth-order valence-electron chi connectivity index (χ4n) is 3.48. The fraction of sp³-hybridized carbons (Fsp3) is 0.391. The highest BCUT2D eigenvalue weighted by molar-refractivity contribution is 6.33. The Bertz CT molecular complexity index is 1050. The molecule has 0 spiro atoms. The number of likely N-dealkylation sites (N-methyl/N-ethyl adjacent to an activating group) is 1. The Hall–Kier alpha value is -3.21. The Morgan fingerprint density at radius 3 is 2.82 bits per heavy atom. The molecule has 182 valence electrons. The lowest BCUT2D eigenvalue weighted by molar-refractivity contribution is -0.127. The van der Waals surface area contributed by atoms with Crippen LogP contribution in [0.5, 0.6) is 0 Å². The van der Waals surface area contributed by atoms with Crippen LogP contribution in [0.15, 0.2) is 42.6 Å². The maximum absolute atomic E-state index is 12.7. The van der Waals surface area contributed by atoms with Gasteiger partial charge in [-0.2, -0.15) is 0 Å². The molecule has 2 heterocycles. The minimum absolute atomic E-state index is 0.100. The summed E-state index contributed by atoms with van der Waals surface area (Å²) >= 11 is 6.12. The average molecular weight is 489 g/mol. The van der Waals surface area contributed by atoms with Gasteiger partial charge in [0.1, 0.15) is 11.5 Å². The number of aromatic nitrogens is 2. The normalized spacial score (nSPS) is 13.2. The highest BCUT2D eigenvalue weighted by atomic mass is 35.5. The Labute approximate surface area is 203 Å². The Morgan fingerprint density at radius 1 is 1.26 bits per heavy atom. The molecule has 0 fully saturated rings. The van der Waals surface area contributed by atoms with Gasteiger partial charge in [0.25, 0.3) is 5.91 Å². The van der Waals surface area contributed by atoms with Gasteiger partial charge in [-0.05, 0) is 19.2 Å². The Kier molecular flexibility index (Phi) is 9.20. The van der Waals surface area contributed by atoms with Gasteiger partial charge in [0.05, 0.1) is 36.6 Å². The number of carbonyl (C=O) groups is 3. The maximum Gasteiger partial charge on any atom is 0.273 e. The van der Waals surface area contributed by atoms with Gasteiger partial charge in [0.15, 0.2) is 0 Å².